The second-order valence-corrected chi connectivity index (χ2v) is 9.75. The summed E-state index contributed by atoms with van der Waals surface area (Å²) < 4.78 is 26.1. The lowest BCUT2D eigenvalue weighted by Gasteiger charge is -2.22. The minimum absolute atomic E-state index is 0.157. The Morgan fingerprint density at radius 1 is 1.14 bits per heavy atom. The quantitative estimate of drug-likeness (QED) is 0.706. The molecule has 1 saturated carbocycles. The van der Waals surface area contributed by atoms with Gasteiger partial charge in [0, 0.05) is 11.9 Å². The van der Waals surface area contributed by atoms with E-state index in [4.69, 9.17) is 5.10 Å². The van der Waals surface area contributed by atoms with Gasteiger partial charge >= 0.3 is 0 Å². The smallest absolute Gasteiger partial charge is 0.261 e. The molecule has 2 aliphatic rings. The summed E-state index contributed by atoms with van der Waals surface area (Å²) in [5.41, 5.74) is 2.22. The predicted molar refractivity (Wildman–Crippen MR) is 108 cm³/mol. The van der Waals surface area contributed by atoms with Crippen LogP contribution in [0.2, 0.25) is 0 Å². The van der Waals surface area contributed by atoms with Crippen LogP contribution >= 0.6 is 0 Å². The number of sulfone groups is 1. The highest BCUT2D eigenvalue weighted by atomic mass is 32.2. The van der Waals surface area contributed by atoms with E-state index in [1.165, 1.54) is 19.3 Å². The van der Waals surface area contributed by atoms with E-state index in [-0.39, 0.29) is 11.3 Å². The van der Waals surface area contributed by atoms with Crippen LogP contribution in [-0.2, 0) is 16.3 Å². The van der Waals surface area contributed by atoms with Crippen molar-refractivity contribution in [1.82, 2.24) is 14.8 Å². The largest absolute Gasteiger partial charge is 0.338 e. The van der Waals surface area contributed by atoms with E-state index in [1.54, 1.807) is 18.3 Å². The Labute approximate surface area is 162 Å². The van der Waals surface area contributed by atoms with Gasteiger partial charge in [0.2, 0.25) is 0 Å². The maximum Gasteiger partial charge on any atom is 0.261 e. The van der Waals surface area contributed by atoms with Crippen molar-refractivity contribution >= 4 is 32.2 Å². The van der Waals surface area contributed by atoms with Crippen LogP contribution in [0.3, 0.4) is 0 Å². The molecule has 2 N–H and O–H groups in total. The number of rotatable bonds is 3. The van der Waals surface area contributed by atoms with Gasteiger partial charge in [-0.15, -0.1) is 0 Å². The van der Waals surface area contributed by atoms with Gasteiger partial charge < -0.3 is 10.3 Å². The normalized spacial score (nSPS) is 19.0. The number of fused-ring (bicyclic) bond motifs is 2. The summed E-state index contributed by atoms with van der Waals surface area (Å²) >= 11 is 0. The molecule has 0 amide bonds. The molecule has 0 atom stereocenters. The lowest BCUT2D eigenvalue weighted by molar-refractivity contribution is 0.338. The number of aryl methyl sites for hydroxylation is 1. The highest BCUT2D eigenvalue weighted by Crippen LogP contribution is 2.34. The molecule has 2 aromatic heterocycles. The first-order valence-corrected chi connectivity index (χ1v) is 11.4. The van der Waals surface area contributed by atoms with E-state index in [9.17, 15) is 13.2 Å². The summed E-state index contributed by atoms with van der Waals surface area (Å²) in [6, 6.07) is 7.44. The second-order valence-electron chi connectivity index (χ2n) is 7.67. The SMILES string of the molecule is O=c1[nH]ccc2c1c(Nc1ccc3c(c1)CCS3(=O)=O)nn2C1CCCCC1. The number of nitrogens with one attached hydrogen (secondary N) is 2. The Morgan fingerprint density at radius 2 is 1.96 bits per heavy atom. The van der Waals surface area contributed by atoms with E-state index in [0.717, 1.165) is 29.6 Å². The van der Waals surface area contributed by atoms with Gasteiger partial charge in [-0.05, 0) is 49.1 Å². The van der Waals surface area contributed by atoms with E-state index >= 15 is 0 Å². The summed E-state index contributed by atoms with van der Waals surface area (Å²) in [5.74, 6) is 0.674. The molecular weight excluding hydrogens is 376 g/mol. The zero-order valence-electron chi connectivity index (χ0n) is 15.4. The van der Waals surface area contributed by atoms with Gasteiger partial charge in [-0.3, -0.25) is 9.48 Å². The fourth-order valence-electron chi connectivity index (χ4n) is 4.44. The molecular formula is C20H22N4O3S. The van der Waals surface area contributed by atoms with Gasteiger partial charge in [0.1, 0.15) is 5.39 Å². The number of hydrogen-bond donors (Lipinski definition) is 2. The van der Waals surface area contributed by atoms with Gasteiger partial charge in [-0.1, -0.05) is 19.3 Å². The number of aromatic nitrogens is 3. The van der Waals surface area contributed by atoms with Crippen LogP contribution in [0.4, 0.5) is 11.5 Å². The van der Waals surface area contributed by atoms with Gasteiger partial charge in [0.25, 0.3) is 5.56 Å². The molecule has 1 fully saturated rings. The first-order valence-electron chi connectivity index (χ1n) is 9.75. The maximum atomic E-state index is 12.5. The van der Waals surface area contributed by atoms with Crippen LogP contribution in [-0.4, -0.2) is 28.9 Å². The third kappa shape index (κ3) is 2.83. The fraction of sp³-hybridized carbons (Fsp3) is 0.400. The molecule has 1 aliphatic heterocycles. The van der Waals surface area contributed by atoms with Crippen LogP contribution in [0, 0.1) is 0 Å². The minimum Gasteiger partial charge on any atom is -0.338 e. The fourth-order valence-corrected chi connectivity index (χ4v) is 5.98. The minimum atomic E-state index is -3.15. The maximum absolute atomic E-state index is 12.5. The first-order chi connectivity index (χ1) is 13.5. The molecule has 0 unspecified atom stereocenters. The van der Waals surface area contributed by atoms with Crippen LogP contribution in [0.15, 0.2) is 40.2 Å². The molecule has 146 valence electrons. The molecule has 5 rings (SSSR count). The molecule has 3 aromatic rings. The number of H-pyrrole nitrogens is 1. The Hall–Kier alpha value is -2.61. The van der Waals surface area contributed by atoms with Crippen molar-refractivity contribution in [3.63, 3.8) is 0 Å². The monoisotopic (exact) mass is 398 g/mol. The Balaban J connectivity index is 1.57. The molecule has 7 nitrogen and oxygen atoms in total. The van der Waals surface area contributed by atoms with E-state index in [2.05, 4.69) is 10.3 Å². The molecule has 0 radical (unpaired) electrons. The van der Waals surface area contributed by atoms with Gasteiger partial charge in [-0.25, -0.2) is 8.42 Å². The Kier molecular flexibility index (Phi) is 4.04. The molecule has 1 aromatic carbocycles. The number of benzene rings is 1. The van der Waals surface area contributed by atoms with Crippen molar-refractivity contribution in [1.29, 1.82) is 0 Å². The summed E-state index contributed by atoms with van der Waals surface area (Å²) in [7, 11) is -3.15. The number of hydrogen-bond acceptors (Lipinski definition) is 5. The average Bonchev–Trinajstić information content (AvgIpc) is 3.21. The number of anilines is 2. The third-order valence-corrected chi connectivity index (χ3v) is 7.66. The lowest BCUT2D eigenvalue weighted by atomic mass is 9.95. The van der Waals surface area contributed by atoms with Gasteiger partial charge in [0.15, 0.2) is 15.7 Å². The number of aromatic amines is 1. The van der Waals surface area contributed by atoms with Crippen molar-refractivity contribution in [2.45, 2.75) is 49.5 Å². The lowest BCUT2D eigenvalue weighted by Crippen LogP contribution is -2.14. The zero-order valence-corrected chi connectivity index (χ0v) is 16.3. The average molecular weight is 398 g/mol. The standard InChI is InChI=1S/C20H22N4O3S/c25-20-18-16(8-10-21-20)24(15-4-2-1-3-5-15)23-19(18)22-14-6-7-17-13(12-14)9-11-28(17,26)27/h6-8,10,12,15H,1-5,9,11H2,(H,21,25)(H,22,23). The molecule has 28 heavy (non-hydrogen) atoms. The number of nitrogens with zero attached hydrogens (tertiary/aromatic N) is 2. The molecule has 0 saturated heterocycles. The van der Waals surface area contributed by atoms with Crippen LogP contribution in [0.1, 0.15) is 43.7 Å². The van der Waals surface area contributed by atoms with Crippen molar-refractivity contribution < 1.29 is 8.42 Å². The van der Waals surface area contributed by atoms with Gasteiger partial charge in [0.05, 0.1) is 22.2 Å². The zero-order chi connectivity index (χ0) is 19.3. The van der Waals surface area contributed by atoms with Crippen molar-refractivity contribution in [3.8, 4) is 0 Å². The predicted octanol–water partition coefficient (Wildman–Crippen LogP) is 3.30. The highest BCUT2D eigenvalue weighted by Gasteiger charge is 2.26. The van der Waals surface area contributed by atoms with E-state index in [1.807, 2.05) is 16.8 Å². The topological polar surface area (TPSA) is 96.8 Å². The summed E-state index contributed by atoms with van der Waals surface area (Å²) in [6.07, 6.45) is 7.92. The van der Waals surface area contributed by atoms with Crippen LogP contribution < -0.4 is 10.9 Å². The third-order valence-electron chi connectivity index (χ3n) is 5.85. The Bertz CT molecular complexity index is 1220. The van der Waals surface area contributed by atoms with Crippen LogP contribution in [0.25, 0.3) is 10.9 Å². The second kappa shape index (κ2) is 6.48. The molecule has 1 aliphatic carbocycles. The van der Waals surface area contributed by atoms with Crippen LogP contribution in [0.5, 0.6) is 0 Å². The van der Waals surface area contributed by atoms with Gasteiger partial charge in [-0.2, -0.15) is 5.10 Å². The Morgan fingerprint density at radius 3 is 2.79 bits per heavy atom. The summed E-state index contributed by atoms with van der Waals surface area (Å²) in [5, 5.41) is 8.56. The van der Waals surface area contributed by atoms with E-state index < -0.39 is 9.84 Å². The van der Waals surface area contributed by atoms with Crippen molar-refractivity contribution in [3.05, 3.63) is 46.4 Å². The highest BCUT2D eigenvalue weighted by molar-refractivity contribution is 7.91. The molecule has 3 heterocycles. The molecule has 8 heteroatoms. The van der Waals surface area contributed by atoms with E-state index in [0.29, 0.717) is 28.6 Å². The van der Waals surface area contributed by atoms with Crippen molar-refractivity contribution in [2.24, 2.45) is 0 Å². The first kappa shape index (κ1) is 17.5. The summed E-state index contributed by atoms with van der Waals surface area (Å²) in [4.78, 5) is 15.7. The van der Waals surface area contributed by atoms with Crippen molar-refractivity contribution in [2.75, 3.05) is 11.1 Å². The summed E-state index contributed by atoms with van der Waals surface area (Å²) in [6.45, 7) is 0. The molecule has 0 bridgehead atoms. The number of pyridine rings is 1. The molecule has 0 spiro atoms.